The number of rotatable bonds is 10. The lowest BCUT2D eigenvalue weighted by atomic mass is 10.1. The van der Waals surface area contributed by atoms with E-state index in [0.29, 0.717) is 29.7 Å². The molecule has 0 saturated heterocycles. The summed E-state index contributed by atoms with van der Waals surface area (Å²) < 4.78 is 57.5. The van der Waals surface area contributed by atoms with Crippen molar-refractivity contribution in [3.8, 4) is 0 Å². The summed E-state index contributed by atoms with van der Waals surface area (Å²) in [5, 5.41) is 25.2. The van der Waals surface area contributed by atoms with Gasteiger partial charge in [-0.25, -0.2) is 4.39 Å². The number of nitro benzene ring substituents is 2. The quantitative estimate of drug-likeness (QED) is 0.0315. The highest BCUT2D eigenvalue weighted by Crippen LogP contribution is 2.29. The molecule has 0 amide bonds. The molecular formula is C32H44BF4N5O9. The number of non-ortho nitro benzene ring substituents is 2. The van der Waals surface area contributed by atoms with E-state index in [2.05, 4.69) is 4.84 Å². The molecule has 4 aromatic carbocycles. The average Bonchev–Trinajstić information content (AvgIpc) is 3.09. The lowest BCUT2D eigenvalue weighted by molar-refractivity contribution is -0.383. The highest BCUT2D eigenvalue weighted by molar-refractivity contribution is 6.33. The summed E-state index contributed by atoms with van der Waals surface area (Å²) in [5.41, 5.74) is 6.29. The summed E-state index contributed by atoms with van der Waals surface area (Å²) in [6.07, 6.45) is -0.185. The second-order valence-corrected chi connectivity index (χ2v) is 9.31. The molecule has 282 valence electrons. The predicted octanol–water partition coefficient (Wildman–Crippen LogP) is 8.36. The Bertz CT molecular complexity index is 1470. The Hall–Kier alpha value is -4.98. The van der Waals surface area contributed by atoms with Crippen molar-refractivity contribution in [2.75, 3.05) is 53.4 Å². The van der Waals surface area contributed by atoms with Crippen LogP contribution in [0.3, 0.4) is 0 Å². The van der Waals surface area contributed by atoms with Gasteiger partial charge in [-0.2, -0.15) is 0 Å². The van der Waals surface area contributed by atoms with E-state index in [1.165, 1.54) is 31.4 Å². The van der Waals surface area contributed by atoms with Crippen molar-refractivity contribution < 1.29 is 46.2 Å². The maximum Gasteiger partial charge on any atom is 0.762 e. The molecule has 4 rings (SSSR count). The number of nitrogen functional groups attached to an aromatic ring is 1. The van der Waals surface area contributed by atoms with Crippen molar-refractivity contribution in [2.45, 2.75) is 34.1 Å². The summed E-state index contributed by atoms with van der Waals surface area (Å²) in [6, 6.07) is 18.7. The average molecular weight is 730 g/mol. The molecule has 0 radical (unpaired) electrons. The van der Waals surface area contributed by atoms with E-state index in [4.69, 9.17) is 24.9 Å². The van der Waals surface area contributed by atoms with Gasteiger partial charge in [0.15, 0.2) is 5.34 Å². The van der Waals surface area contributed by atoms with Gasteiger partial charge in [0.1, 0.15) is 12.9 Å². The van der Waals surface area contributed by atoms with E-state index in [-0.39, 0.29) is 23.2 Å². The Morgan fingerprint density at radius 2 is 1.12 bits per heavy atom. The van der Waals surface area contributed by atoms with Crippen LogP contribution in [0.5, 0.6) is 0 Å². The molecular weight excluding hydrogens is 685 g/mol. The molecule has 0 bridgehead atoms. The zero-order valence-electron chi connectivity index (χ0n) is 29.5. The molecule has 0 aliphatic rings. The number of fused-ring (bicyclic) bond motifs is 2. The van der Waals surface area contributed by atoms with Crippen LogP contribution in [0.2, 0.25) is 0 Å². The first-order valence-electron chi connectivity index (χ1n) is 15.2. The van der Waals surface area contributed by atoms with Gasteiger partial charge in [-0.15, -0.1) is 4.91 Å². The van der Waals surface area contributed by atoms with Crippen LogP contribution in [0.4, 0.5) is 34.4 Å². The molecule has 4 aromatic rings. The number of hydrogen-bond acceptors (Lipinski definition) is 12. The van der Waals surface area contributed by atoms with E-state index in [0.717, 1.165) is 24.7 Å². The molecule has 0 aliphatic carbocycles. The maximum absolute atomic E-state index is 13.2. The number of anilines is 1. The molecule has 0 heterocycles. The van der Waals surface area contributed by atoms with Crippen LogP contribution in [-0.2, 0) is 19.0 Å². The van der Waals surface area contributed by atoms with Crippen LogP contribution in [0.15, 0.2) is 78.1 Å². The predicted molar refractivity (Wildman–Crippen MR) is 190 cm³/mol. The van der Waals surface area contributed by atoms with Gasteiger partial charge in [-0.1, -0.05) is 36.4 Å². The third-order valence-corrected chi connectivity index (χ3v) is 5.70. The van der Waals surface area contributed by atoms with E-state index < -0.39 is 23.2 Å². The molecule has 51 heavy (non-hydrogen) atoms. The van der Waals surface area contributed by atoms with Crippen molar-refractivity contribution in [2.24, 2.45) is 5.34 Å². The minimum Gasteiger partial charge on any atom is -0.398 e. The molecule has 0 unspecified atom stereocenters. The molecule has 0 aliphatic heterocycles. The second-order valence-electron chi connectivity index (χ2n) is 9.31. The van der Waals surface area contributed by atoms with Crippen LogP contribution in [0, 0.1) is 31.0 Å². The van der Waals surface area contributed by atoms with E-state index in [9.17, 15) is 37.6 Å². The first-order chi connectivity index (χ1) is 24.2. The van der Waals surface area contributed by atoms with Crippen LogP contribution >= 0.6 is 0 Å². The summed E-state index contributed by atoms with van der Waals surface area (Å²) >= 11 is 0. The number of benzene rings is 4. The lowest BCUT2D eigenvalue weighted by Crippen LogP contribution is -2.33. The molecule has 2 N–H and O–H groups in total. The number of nitrogens with two attached hydrogens (primary N) is 1. The van der Waals surface area contributed by atoms with Crippen molar-refractivity contribution in [1.29, 1.82) is 0 Å². The summed E-state index contributed by atoms with van der Waals surface area (Å²) in [4.78, 5) is 34.6. The monoisotopic (exact) mass is 729 g/mol. The Balaban J connectivity index is 0. The van der Waals surface area contributed by atoms with Crippen molar-refractivity contribution in [3.05, 3.63) is 104 Å². The van der Waals surface area contributed by atoms with Gasteiger partial charge < -0.3 is 24.8 Å². The fourth-order valence-corrected chi connectivity index (χ4v) is 3.71. The van der Waals surface area contributed by atoms with E-state index >= 15 is 0 Å². The third kappa shape index (κ3) is 20.3. The van der Waals surface area contributed by atoms with Gasteiger partial charge in [-0.05, 0) is 66.1 Å². The largest absolute Gasteiger partial charge is 0.762 e. The van der Waals surface area contributed by atoms with Crippen molar-refractivity contribution in [3.63, 3.8) is 0 Å². The maximum atomic E-state index is 13.2. The standard InChI is InChI=1S/C10H6FNO2.C10H8N2O2.C7H17NO2.C4H10O.CH3NO2.BF3/c2*11-9-5-6-10(12(13)14)8-4-2-1-3-7(8)9;1-5-9-7(8(3)4)10-6-2;1-3-5-4-2;1-4-2-3;2-1(3)4/h1-6H;1-6H,11H2;7H,5-6H2,1-4H3;3-4H2,1-2H3;1H3;. The molecule has 14 nitrogen and oxygen atoms in total. The Morgan fingerprint density at radius 1 is 0.745 bits per heavy atom. The second kappa shape index (κ2) is 28.8. The first kappa shape index (κ1) is 48.1. The number of hydrogen-bond donors (Lipinski definition) is 1. The smallest absolute Gasteiger partial charge is 0.398 e. The van der Waals surface area contributed by atoms with Gasteiger partial charge in [0.2, 0.25) is 6.41 Å². The number of halogens is 4. The fourth-order valence-electron chi connectivity index (χ4n) is 3.71. The van der Waals surface area contributed by atoms with Gasteiger partial charge in [0.05, 0.1) is 20.6 Å². The zero-order valence-corrected chi connectivity index (χ0v) is 29.5. The van der Waals surface area contributed by atoms with Crippen LogP contribution in [-0.4, -0.2) is 76.3 Å². The molecule has 0 atom stereocenters. The van der Waals surface area contributed by atoms with Crippen molar-refractivity contribution in [1.82, 2.24) is 4.90 Å². The van der Waals surface area contributed by atoms with Gasteiger partial charge in [0, 0.05) is 55.0 Å². The number of ether oxygens (including phenoxy) is 3. The SMILES string of the molecule is CCOC(OCC)N(C)C.CCOCC.CON=O.FB(F)F.Nc1ccc([N+](=O)[O-])c2ccccc12.O=[N+]([O-])c1ccc(F)c2ccccc12. The van der Waals surface area contributed by atoms with Crippen LogP contribution < -0.4 is 5.73 Å². The normalized spacial score (nSPS) is 9.67. The van der Waals surface area contributed by atoms with Crippen LogP contribution in [0.1, 0.15) is 27.7 Å². The highest BCUT2D eigenvalue weighted by Gasteiger charge is 2.14. The minimum atomic E-state index is -3.67. The van der Waals surface area contributed by atoms with Gasteiger partial charge in [0.25, 0.3) is 11.4 Å². The first-order valence-corrected chi connectivity index (χ1v) is 15.2. The van der Waals surface area contributed by atoms with Gasteiger partial charge in [-0.3, -0.25) is 38.1 Å². The third-order valence-electron chi connectivity index (χ3n) is 5.70. The van der Waals surface area contributed by atoms with Crippen LogP contribution in [0.25, 0.3) is 21.5 Å². The zero-order chi connectivity index (χ0) is 39.4. The Kier molecular flexibility index (Phi) is 27.2. The summed E-state index contributed by atoms with van der Waals surface area (Å²) in [7, 11) is 1.39. The summed E-state index contributed by atoms with van der Waals surface area (Å²) in [6.45, 7) is 10.9. The number of nitrogens with zero attached hydrogens (tertiary/aromatic N) is 4. The molecule has 0 aromatic heterocycles. The Morgan fingerprint density at radius 3 is 1.45 bits per heavy atom. The molecule has 0 fully saturated rings. The Labute approximate surface area is 293 Å². The molecule has 19 heteroatoms. The molecule has 0 spiro atoms. The highest BCUT2D eigenvalue weighted by atomic mass is 19.4. The van der Waals surface area contributed by atoms with Gasteiger partial charge >= 0.3 is 7.54 Å². The fraction of sp³-hybridized carbons (Fsp3) is 0.375. The summed E-state index contributed by atoms with van der Waals surface area (Å²) in [5.74, 6) is -0.439. The minimum absolute atomic E-state index is 0.0676. The van der Waals surface area contributed by atoms with E-state index in [1.807, 2.05) is 58.1 Å². The molecule has 0 saturated carbocycles. The van der Waals surface area contributed by atoms with E-state index in [1.54, 1.807) is 36.4 Å². The van der Waals surface area contributed by atoms with Crippen molar-refractivity contribution >= 4 is 46.2 Å². The lowest BCUT2D eigenvalue weighted by Gasteiger charge is -2.22. The number of nitro groups is 2. The topological polar surface area (TPSA) is 182 Å².